The van der Waals surface area contributed by atoms with E-state index in [2.05, 4.69) is 49.6 Å². The van der Waals surface area contributed by atoms with Crippen LogP contribution in [0.2, 0.25) is 0 Å². The van der Waals surface area contributed by atoms with Crippen LogP contribution in [-0.4, -0.2) is 33.5 Å². The van der Waals surface area contributed by atoms with Gasteiger partial charge in [0.25, 0.3) is 0 Å². The lowest BCUT2D eigenvalue weighted by molar-refractivity contribution is 0.317. The standard InChI is InChI=1S/C11H16BrN5S/c1-16(7-11-4-9(12)8-18-11)5-10-6-17(3-2-13)15-14-10/h4,6,8H,2-3,5,7,13H2,1H3. The third-order valence-electron chi connectivity index (χ3n) is 2.42. The first-order valence-electron chi connectivity index (χ1n) is 5.68. The van der Waals surface area contributed by atoms with Gasteiger partial charge in [-0.15, -0.1) is 16.4 Å². The van der Waals surface area contributed by atoms with Gasteiger partial charge in [0.1, 0.15) is 0 Å². The highest BCUT2D eigenvalue weighted by molar-refractivity contribution is 9.10. The van der Waals surface area contributed by atoms with Gasteiger partial charge in [0, 0.05) is 40.6 Å². The van der Waals surface area contributed by atoms with Crippen LogP contribution in [0.5, 0.6) is 0 Å². The molecular weight excluding hydrogens is 314 g/mol. The molecule has 0 fully saturated rings. The largest absolute Gasteiger partial charge is 0.329 e. The summed E-state index contributed by atoms with van der Waals surface area (Å²) < 4.78 is 2.93. The highest BCUT2D eigenvalue weighted by Gasteiger charge is 2.07. The first kappa shape index (κ1) is 13.7. The van der Waals surface area contributed by atoms with Gasteiger partial charge < -0.3 is 5.73 Å². The number of aromatic nitrogens is 3. The van der Waals surface area contributed by atoms with E-state index in [1.165, 1.54) is 4.88 Å². The average Bonchev–Trinajstić information content (AvgIpc) is 2.89. The van der Waals surface area contributed by atoms with Crippen molar-refractivity contribution in [1.29, 1.82) is 0 Å². The number of nitrogens with two attached hydrogens (primary N) is 1. The molecule has 5 nitrogen and oxygen atoms in total. The topological polar surface area (TPSA) is 60.0 Å². The maximum Gasteiger partial charge on any atom is 0.0967 e. The highest BCUT2D eigenvalue weighted by Crippen LogP contribution is 2.21. The highest BCUT2D eigenvalue weighted by atomic mass is 79.9. The van der Waals surface area contributed by atoms with E-state index in [0.717, 1.165) is 23.3 Å². The van der Waals surface area contributed by atoms with E-state index in [4.69, 9.17) is 5.73 Å². The van der Waals surface area contributed by atoms with E-state index in [-0.39, 0.29) is 0 Å². The minimum atomic E-state index is 0.585. The van der Waals surface area contributed by atoms with Crippen molar-refractivity contribution >= 4 is 27.3 Å². The van der Waals surface area contributed by atoms with Crippen LogP contribution in [0.1, 0.15) is 10.6 Å². The van der Waals surface area contributed by atoms with Crippen LogP contribution in [0.15, 0.2) is 22.1 Å². The third-order valence-corrected chi connectivity index (χ3v) is 4.11. The molecule has 2 aromatic rings. The lowest BCUT2D eigenvalue weighted by atomic mass is 10.4. The lowest BCUT2D eigenvalue weighted by Crippen LogP contribution is -2.16. The molecular formula is C11H16BrN5S. The number of rotatable bonds is 6. The summed E-state index contributed by atoms with van der Waals surface area (Å²) in [6, 6.07) is 2.15. The molecule has 18 heavy (non-hydrogen) atoms. The molecule has 2 rings (SSSR count). The Kier molecular flexibility index (Phi) is 4.87. The van der Waals surface area contributed by atoms with Crippen molar-refractivity contribution in [2.24, 2.45) is 5.73 Å². The van der Waals surface area contributed by atoms with Gasteiger partial charge in [-0.1, -0.05) is 5.21 Å². The van der Waals surface area contributed by atoms with Gasteiger partial charge in [0.05, 0.1) is 12.2 Å². The SMILES string of the molecule is CN(Cc1cn(CCN)nn1)Cc1cc(Br)cs1. The summed E-state index contributed by atoms with van der Waals surface area (Å²) in [4.78, 5) is 3.55. The monoisotopic (exact) mass is 329 g/mol. The maximum absolute atomic E-state index is 5.47. The van der Waals surface area contributed by atoms with Crippen LogP contribution in [0.4, 0.5) is 0 Å². The van der Waals surface area contributed by atoms with Crippen LogP contribution in [-0.2, 0) is 19.6 Å². The molecule has 0 aromatic carbocycles. The number of nitrogens with zero attached hydrogens (tertiary/aromatic N) is 4. The van der Waals surface area contributed by atoms with E-state index in [1.807, 2.05) is 6.20 Å². The van der Waals surface area contributed by atoms with Crippen LogP contribution in [0.3, 0.4) is 0 Å². The third kappa shape index (κ3) is 3.88. The molecule has 0 radical (unpaired) electrons. The van der Waals surface area contributed by atoms with Gasteiger partial charge in [-0.25, -0.2) is 0 Å². The maximum atomic E-state index is 5.47. The second kappa shape index (κ2) is 6.42. The van der Waals surface area contributed by atoms with Gasteiger partial charge in [-0.3, -0.25) is 9.58 Å². The van der Waals surface area contributed by atoms with Gasteiger partial charge in [0.2, 0.25) is 0 Å². The molecule has 0 amide bonds. The Morgan fingerprint density at radius 1 is 1.50 bits per heavy atom. The minimum absolute atomic E-state index is 0.585. The van der Waals surface area contributed by atoms with Crippen molar-refractivity contribution in [2.75, 3.05) is 13.6 Å². The van der Waals surface area contributed by atoms with Gasteiger partial charge in [0.15, 0.2) is 0 Å². The molecule has 0 unspecified atom stereocenters. The number of hydrogen-bond donors (Lipinski definition) is 1. The Balaban J connectivity index is 1.88. The summed E-state index contributed by atoms with van der Waals surface area (Å²) >= 11 is 5.22. The van der Waals surface area contributed by atoms with E-state index in [9.17, 15) is 0 Å². The first-order valence-corrected chi connectivity index (χ1v) is 7.35. The minimum Gasteiger partial charge on any atom is -0.329 e. The molecule has 0 atom stereocenters. The zero-order valence-electron chi connectivity index (χ0n) is 10.2. The number of thiophene rings is 1. The Morgan fingerprint density at radius 2 is 2.33 bits per heavy atom. The van der Waals surface area contributed by atoms with Crippen LogP contribution < -0.4 is 5.73 Å². The molecule has 0 bridgehead atoms. The molecule has 7 heteroatoms. The fourth-order valence-electron chi connectivity index (χ4n) is 1.69. The van der Waals surface area contributed by atoms with Crippen molar-refractivity contribution in [1.82, 2.24) is 19.9 Å². The zero-order valence-corrected chi connectivity index (χ0v) is 12.6. The summed E-state index contributed by atoms with van der Waals surface area (Å²) in [5.74, 6) is 0. The molecule has 0 saturated carbocycles. The molecule has 98 valence electrons. The lowest BCUT2D eigenvalue weighted by Gasteiger charge is -2.13. The van der Waals surface area contributed by atoms with Crippen molar-refractivity contribution in [3.8, 4) is 0 Å². The smallest absolute Gasteiger partial charge is 0.0967 e. The molecule has 0 aliphatic carbocycles. The second-order valence-corrected chi connectivity index (χ2v) is 6.08. The predicted octanol–water partition coefficient (Wildman–Crippen LogP) is 1.69. The number of halogens is 1. The summed E-state index contributed by atoms with van der Waals surface area (Å²) in [6.45, 7) is 3.01. The fourth-order valence-corrected chi connectivity index (χ4v) is 3.22. The molecule has 2 N–H and O–H groups in total. The molecule has 0 aliphatic heterocycles. The predicted molar refractivity (Wildman–Crippen MR) is 76.3 cm³/mol. The molecule has 2 heterocycles. The molecule has 0 saturated heterocycles. The quantitative estimate of drug-likeness (QED) is 0.876. The normalized spacial score (nSPS) is 11.3. The van der Waals surface area contributed by atoms with Crippen molar-refractivity contribution in [3.05, 3.63) is 32.7 Å². The summed E-state index contributed by atoms with van der Waals surface area (Å²) in [5.41, 5.74) is 6.45. The van der Waals surface area contributed by atoms with Crippen LogP contribution in [0, 0.1) is 0 Å². The van der Waals surface area contributed by atoms with E-state index in [0.29, 0.717) is 13.1 Å². The zero-order chi connectivity index (χ0) is 13.0. The van der Waals surface area contributed by atoms with Crippen LogP contribution >= 0.6 is 27.3 Å². The fraction of sp³-hybridized carbons (Fsp3) is 0.455. The Labute approximate surface area is 119 Å². The van der Waals surface area contributed by atoms with E-state index >= 15 is 0 Å². The van der Waals surface area contributed by atoms with Crippen molar-refractivity contribution < 1.29 is 0 Å². The molecule has 0 spiro atoms. The average molecular weight is 330 g/mol. The van der Waals surface area contributed by atoms with Crippen LogP contribution in [0.25, 0.3) is 0 Å². The van der Waals surface area contributed by atoms with E-state index < -0.39 is 0 Å². The molecule has 0 aliphatic rings. The second-order valence-electron chi connectivity index (χ2n) is 4.17. The molecule has 2 aromatic heterocycles. The Morgan fingerprint density at radius 3 is 3.00 bits per heavy atom. The van der Waals surface area contributed by atoms with Crippen molar-refractivity contribution in [2.45, 2.75) is 19.6 Å². The first-order chi connectivity index (χ1) is 8.67. The van der Waals surface area contributed by atoms with Crippen molar-refractivity contribution in [3.63, 3.8) is 0 Å². The summed E-state index contributed by atoms with van der Waals surface area (Å²) in [5, 5.41) is 10.3. The Hall–Kier alpha value is -0.760. The van der Waals surface area contributed by atoms with E-state index in [1.54, 1.807) is 16.0 Å². The summed E-state index contributed by atoms with van der Waals surface area (Å²) in [7, 11) is 2.08. The van der Waals surface area contributed by atoms with Gasteiger partial charge in [-0.05, 0) is 29.0 Å². The summed E-state index contributed by atoms with van der Waals surface area (Å²) in [6.07, 6.45) is 1.95. The number of hydrogen-bond acceptors (Lipinski definition) is 5. The van der Waals surface area contributed by atoms with Gasteiger partial charge in [-0.2, -0.15) is 0 Å². The Bertz CT molecular complexity index is 495. The van der Waals surface area contributed by atoms with Gasteiger partial charge >= 0.3 is 0 Å².